The first kappa shape index (κ1) is 18.8. The normalized spacial score (nSPS) is 11.0. The van der Waals surface area contributed by atoms with Crippen LogP contribution >= 0.6 is 0 Å². The third kappa shape index (κ3) is 8.26. The molecule has 0 atom stereocenters. The molecule has 22 heavy (non-hydrogen) atoms. The van der Waals surface area contributed by atoms with E-state index in [4.69, 9.17) is 9.52 Å². The Morgan fingerprint density at radius 2 is 1.64 bits per heavy atom. The van der Waals surface area contributed by atoms with E-state index in [0.29, 0.717) is 6.42 Å². The Bertz CT molecular complexity index is 420. The molecular formula is C19H32O3. The maximum absolute atomic E-state index is 10.4. The average molecular weight is 308 g/mol. The number of rotatable bonds is 13. The van der Waals surface area contributed by atoms with E-state index in [1.807, 2.05) is 0 Å². The van der Waals surface area contributed by atoms with Gasteiger partial charge in [0.1, 0.15) is 11.5 Å². The van der Waals surface area contributed by atoms with Gasteiger partial charge in [0.25, 0.3) is 0 Å². The molecule has 126 valence electrons. The zero-order valence-corrected chi connectivity index (χ0v) is 14.3. The quantitative estimate of drug-likeness (QED) is 0.477. The number of hydrogen-bond donors (Lipinski definition) is 1. The van der Waals surface area contributed by atoms with Crippen molar-refractivity contribution in [1.29, 1.82) is 0 Å². The van der Waals surface area contributed by atoms with Crippen molar-refractivity contribution in [3.63, 3.8) is 0 Å². The topological polar surface area (TPSA) is 50.4 Å². The highest BCUT2D eigenvalue weighted by Gasteiger charge is 2.07. The van der Waals surface area contributed by atoms with Crippen LogP contribution in [-0.2, 0) is 17.6 Å². The Kier molecular flexibility index (Phi) is 9.69. The van der Waals surface area contributed by atoms with Crippen molar-refractivity contribution in [2.45, 2.75) is 90.9 Å². The molecule has 1 heterocycles. The number of carbonyl (C=O) groups is 1. The van der Waals surface area contributed by atoms with Crippen LogP contribution in [0.4, 0.5) is 0 Å². The first-order valence-electron chi connectivity index (χ1n) is 8.93. The van der Waals surface area contributed by atoms with Crippen molar-refractivity contribution in [2.24, 2.45) is 0 Å². The lowest BCUT2D eigenvalue weighted by Gasteiger charge is -2.01. The van der Waals surface area contributed by atoms with Gasteiger partial charge in [0, 0.05) is 19.3 Å². The van der Waals surface area contributed by atoms with E-state index >= 15 is 0 Å². The molecule has 0 amide bonds. The first-order valence-corrected chi connectivity index (χ1v) is 8.93. The SMILES string of the molecule is CCCCCc1cc(C)c(CCCCCCCCC(=O)O)o1. The Hall–Kier alpha value is -1.25. The van der Waals surface area contributed by atoms with E-state index in [-0.39, 0.29) is 0 Å². The van der Waals surface area contributed by atoms with Gasteiger partial charge < -0.3 is 9.52 Å². The predicted octanol–water partition coefficient (Wildman–Crippen LogP) is 5.68. The van der Waals surface area contributed by atoms with Crippen LogP contribution in [-0.4, -0.2) is 11.1 Å². The van der Waals surface area contributed by atoms with Crippen molar-refractivity contribution >= 4 is 5.97 Å². The number of hydrogen-bond acceptors (Lipinski definition) is 2. The van der Waals surface area contributed by atoms with E-state index in [9.17, 15) is 4.79 Å². The summed E-state index contributed by atoms with van der Waals surface area (Å²) in [6.07, 6.45) is 12.7. The van der Waals surface area contributed by atoms with Crippen molar-refractivity contribution in [3.8, 4) is 0 Å². The fourth-order valence-corrected chi connectivity index (χ4v) is 2.78. The number of carboxylic acid groups (broad SMARTS) is 1. The third-order valence-corrected chi connectivity index (χ3v) is 4.14. The number of aryl methyl sites for hydroxylation is 3. The molecule has 1 N–H and O–H groups in total. The van der Waals surface area contributed by atoms with Crippen molar-refractivity contribution in [1.82, 2.24) is 0 Å². The summed E-state index contributed by atoms with van der Waals surface area (Å²) in [5, 5.41) is 8.57. The highest BCUT2D eigenvalue weighted by Crippen LogP contribution is 2.19. The van der Waals surface area contributed by atoms with Gasteiger partial charge in [0.2, 0.25) is 0 Å². The minimum absolute atomic E-state index is 0.312. The zero-order valence-electron chi connectivity index (χ0n) is 14.3. The van der Waals surface area contributed by atoms with Crippen LogP contribution in [0.3, 0.4) is 0 Å². The highest BCUT2D eigenvalue weighted by atomic mass is 16.4. The number of aliphatic carboxylic acids is 1. The van der Waals surface area contributed by atoms with Gasteiger partial charge in [0.05, 0.1) is 0 Å². The van der Waals surface area contributed by atoms with Gasteiger partial charge in [-0.2, -0.15) is 0 Å². The molecule has 0 unspecified atom stereocenters. The van der Waals surface area contributed by atoms with Crippen LogP contribution in [0.5, 0.6) is 0 Å². The Morgan fingerprint density at radius 3 is 2.32 bits per heavy atom. The highest BCUT2D eigenvalue weighted by molar-refractivity contribution is 5.66. The summed E-state index contributed by atoms with van der Waals surface area (Å²) in [5.41, 5.74) is 1.30. The van der Waals surface area contributed by atoms with Gasteiger partial charge in [-0.3, -0.25) is 4.79 Å². The second-order valence-electron chi connectivity index (χ2n) is 6.29. The summed E-state index contributed by atoms with van der Waals surface area (Å²) < 4.78 is 5.97. The van der Waals surface area contributed by atoms with Crippen LogP contribution in [0.25, 0.3) is 0 Å². The summed E-state index contributed by atoms with van der Waals surface area (Å²) in [6.45, 7) is 4.37. The molecule has 0 aliphatic rings. The molecule has 0 radical (unpaired) electrons. The van der Waals surface area contributed by atoms with Crippen LogP contribution in [0.1, 0.15) is 88.2 Å². The van der Waals surface area contributed by atoms with Crippen molar-refractivity contribution in [3.05, 3.63) is 23.2 Å². The second-order valence-corrected chi connectivity index (χ2v) is 6.29. The van der Waals surface area contributed by atoms with Crippen LogP contribution in [0, 0.1) is 6.92 Å². The van der Waals surface area contributed by atoms with Gasteiger partial charge in [-0.25, -0.2) is 0 Å². The lowest BCUT2D eigenvalue weighted by Crippen LogP contribution is -1.93. The fraction of sp³-hybridized carbons (Fsp3) is 0.737. The van der Waals surface area contributed by atoms with Crippen LogP contribution in [0.2, 0.25) is 0 Å². The van der Waals surface area contributed by atoms with Gasteiger partial charge in [-0.15, -0.1) is 0 Å². The van der Waals surface area contributed by atoms with Gasteiger partial charge in [-0.1, -0.05) is 45.4 Å². The molecule has 1 aromatic heterocycles. The molecule has 0 saturated carbocycles. The minimum Gasteiger partial charge on any atom is -0.481 e. The molecule has 0 spiro atoms. The predicted molar refractivity (Wildman–Crippen MR) is 90.3 cm³/mol. The standard InChI is InChI=1S/C19H32O3/c1-3-4-9-12-17-15-16(2)18(22-17)13-10-7-5-6-8-11-14-19(20)21/h15H,3-14H2,1-2H3,(H,20,21). The molecule has 0 aromatic carbocycles. The molecule has 0 fully saturated rings. The summed E-state index contributed by atoms with van der Waals surface area (Å²) in [6, 6.07) is 2.21. The van der Waals surface area contributed by atoms with E-state index in [2.05, 4.69) is 19.9 Å². The lowest BCUT2D eigenvalue weighted by atomic mass is 10.1. The van der Waals surface area contributed by atoms with Crippen molar-refractivity contribution in [2.75, 3.05) is 0 Å². The van der Waals surface area contributed by atoms with E-state index in [1.165, 1.54) is 44.1 Å². The maximum Gasteiger partial charge on any atom is 0.303 e. The fourth-order valence-electron chi connectivity index (χ4n) is 2.78. The molecule has 1 aromatic rings. The minimum atomic E-state index is -0.678. The third-order valence-electron chi connectivity index (χ3n) is 4.14. The number of carboxylic acids is 1. The average Bonchev–Trinajstić information content (AvgIpc) is 2.82. The zero-order chi connectivity index (χ0) is 16.2. The Balaban J connectivity index is 2.10. The smallest absolute Gasteiger partial charge is 0.303 e. The Morgan fingerprint density at radius 1 is 1.00 bits per heavy atom. The molecule has 1 rings (SSSR count). The largest absolute Gasteiger partial charge is 0.481 e. The van der Waals surface area contributed by atoms with Gasteiger partial charge in [0.15, 0.2) is 0 Å². The molecule has 0 aliphatic carbocycles. The Labute approximate surface area is 135 Å². The molecule has 3 heteroatoms. The van der Waals surface area contributed by atoms with Gasteiger partial charge in [-0.05, 0) is 37.8 Å². The summed E-state index contributed by atoms with van der Waals surface area (Å²) in [5.74, 6) is 1.63. The van der Waals surface area contributed by atoms with E-state index in [0.717, 1.165) is 43.6 Å². The van der Waals surface area contributed by atoms with Crippen LogP contribution < -0.4 is 0 Å². The molecule has 3 nitrogen and oxygen atoms in total. The van der Waals surface area contributed by atoms with E-state index in [1.54, 1.807) is 0 Å². The second kappa shape index (κ2) is 11.3. The van der Waals surface area contributed by atoms with Crippen LogP contribution in [0.15, 0.2) is 10.5 Å². The molecule has 0 saturated heterocycles. The molecular weight excluding hydrogens is 276 g/mol. The van der Waals surface area contributed by atoms with Gasteiger partial charge >= 0.3 is 5.97 Å². The molecule has 0 bridgehead atoms. The summed E-state index contributed by atoms with van der Waals surface area (Å²) in [7, 11) is 0. The molecule has 0 aliphatic heterocycles. The summed E-state index contributed by atoms with van der Waals surface area (Å²) >= 11 is 0. The maximum atomic E-state index is 10.4. The first-order chi connectivity index (χ1) is 10.6. The summed E-state index contributed by atoms with van der Waals surface area (Å²) in [4.78, 5) is 10.4. The van der Waals surface area contributed by atoms with Crippen molar-refractivity contribution < 1.29 is 14.3 Å². The van der Waals surface area contributed by atoms with E-state index < -0.39 is 5.97 Å². The monoisotopic (exact) mass is 308 g/mol. The number of unbranched alkanes of at least 4 members (excludes halogenated alkanes) is 7. The lowest BCUT2D eigenvalue weighted by molar-refractivity contribution is -0.137. The number of furan rings is 1.